The molecule has 0 saturated carbocycles. The van der Waals surface area contributed by atoms with E-state index in [0.717, 1.165) is 27.4 Å². The minimum atomic E-state index is -3.02. The molecule has 1 aliphatic heterocycles. The molecule has 0 fully saturated rings. The summed E-state index contributed by atoms with van der Waals surface area (Å²) >= 11 is 0. The first kappa shape index (κ1) is 18.7. The number of nitrogens with zero attached hydrogens (tertiary/aromatic N) is 1. The number of fused-ring (bicyclic) bond motifs is 1. The maximum absolute atomic E-state index is 14.6. The first-order chi connectivity index (χ1) is 13.4. The van der Waals surface area contributed by atoms with E-state index in [2.05, 4.69) is 6.07 Å². The Morgan fingerprint density at radius 3 is 1.96 bits per heavy atom. The van der Waals surface area contributed by atoms with Crippen LogP contribution in [0, 0.1) is 6.92 Å². The van der Waals surface area contributed by atoms with Gasteiger partial charge in [-0.2, -0.15) is 0 Å². The highest BCUT2D eigenvalue weighted by molar-refractivity contribution is 7.78. The van der Waals surface area contributed by atoms with E-state index in [1.165, 1.54) is 0 Å². The molecular formula is C24H24NO2P. The number of anilines is 1. The number of likely N-dealkylation sites (N-methyl/N-ethyl adjacent to an activating group) is 1. The molecule has 1 unspecified atom stereocenters. The summed E-state index contributed by atoms with van der Waals surface area (Å²) in [5.74, 6) is 0.000173. The van der Waals surface area contributed by atoms with Gasteiger partial charge in [0.2, 0.25) is 5.91 Å². The largest absolute Gasteiger partial charge is 0.314 e. The maximum atomic E-state index is 14.6. The summed E-state index contributed by atoms with van der Waals surface area (Å²) in [6, 6.07) is 25.2. The molecule has 0 aliphatic carbocycles. The van der Waals surface area contributed by atoms with Gasteiger partial charge in [-0.05, 0) is 25.5 Å². The van der Waals surface area contributed by atoms with Crippen LogP contribution in [-0.4, -0.2) is 19.1 Å². The van der Waals surface area contributed by atoms with E-state index in [-0.39, 0.29) is 12.1 Å². The van der Waals surface area contributed by atoms with E-state index in [9.17, 15) is 9.36 Å². The molecule has 0 aromatic heterocycles. The Kier molecular flexibility index (Phi) is 4.51. The molecule has 142 valence electrons. The summed E-state index contributed by atoms with van der Waals surface area (Å²) in [6.07, 6.45) is 0.271. The predicted molar refractivity (Wildman–Crippen MR) is 117 cm³/mol. The van der Waals surface area contributed by atoms with Gasteiger partial charge >= 0.3 is 0 Å². The van der Waals surface area contributed by atoms with E-state index < -0.39 is 12.6 Å². The van der Waals surface area contributed by atoms with Crippen LogP contribution in [0.2, 0.25) is 0 Å². The highest BCUT2D eigenvalue weighted by Gasteiger charge is 2.50. The maximum Gasteiger partial charge on any atom is 0.237 e. The SMILES string of the molecule is Cc1ccc2c(c1)C(C)(CP(=O)(c1ccccc1)c1ccccc1)C(=O)N2C. The van der Waals surface area contributed by atoms with Gasteiger partial charge in [0.05, 0.1) is 5.41 Å². The molecule has 4 rings (SSSR count). The zero-order valence-corrected chi connectivity index (χ0v) is 17.3. The van der Waals surface area contributed by atoms with E-state index in [1.54, 1.807) is 11.9 Å². The second-order valence-corrected chi connectivity index (χ2v) is 10.6. The standard InChI is InChI=1S/C24H24NO2P/c1-18-14-15-22-21(16-18)24(2,23(26)25(22)3)17-28(27,19-10-6-4-7-11-19)20-12-8-5-9-13-20/h4-16H,17H2,1-3H3. The lowest BCUT2D eigenvalue weighted by Crippen LogP contribution is -2.41. The quantitative estimate of drug-likeness (QED) is 0.626. The van der Waals surface area contributed by atoms with Crippen LogP contribution in [-0.2, 0) is 14.8 Å². The van der Waals surface area contributed by atoms with Crippen molar-refractivity contribution in [3.8, 4) is 0 Å². The lowest BCUT2D eigenvalue weighted by molar-refractivity contribution is -0.121. The fourth-order valence-corrected chi connectivity index (χ4v) is 7.41. The second kappa shape index (κ2) is 6.76. The van der Waals surface area contributed by atoms with Crippen LogP contribution in [0.3, 0.4) is 0 Å². The fraction of sp³-hybridized carbons (Fsp3) is 0.208. The summed E-state index contributed by atoms with van der Waals surface area (Å²) < 4.78 is 14.6. The molecule has 0 radical (unpaired) electrons. The van der Waals surface area contributed by atoms with Gasteiger partial charge in [0, 0.05) is 29.5 Å². The number of rotatable bonds is 4. The van der Waals surface area contributed by atoms with Gasteiger partial charge in [-0.1, -0.05) is 78.4 Å². The summed E-state index contributed by atoms with van der Waals surface area (Å²) in [6.45, 7) is 3.97. The molecule has 1 atom stereocenters. The Bertz CT molecular complexity index is 1030. The van der Waals surface area contributed by atoms with Gasteiger partial charge in [0.25, 0.3) is 0 Å². The van der Waals surface area contributed by atoms with Crippen LogP contribution < -0.4 is 15.5 Å². The number of hydrogen-bond donors (Lipinski definition) is 0. The summed E-state index contributed by atoms with van der Waals surface area (Å²) in [4.78, 5) is 15.0. The van der Waals surface area contributed by atoms with Crippen LogP contribution in [0.15, 0.2) is 78.9 Å². The van der Waals surface area contributed by atoms with Crippen LogP contribution in [0.25, 0.3) is 0 Å². The topological polar surface area (TPSA) is 37.4 Å². The van der Waals surface area contributed by atoms with Gasteiger partial charge in [0.15, 0.2) is 0 Å². The Morgan fingerprint density at radius 2 is 1.43 bits per heavy atom. The molecular weight excluding hydrogens is 365 g/mol. The summed E-state index contributed by atoms with van der Waals surface area (Å²) in [5.41, 5.74) is 2.14. The van der Waals surface area contributed by atoms with Crippen molar-refractivity contribution in [1.82, 2.24) is 0 Å². The Labute approximate surface area is 166 Å². The van der Waals surface area contributed by atoms with Gasteiger partial charge in [-0.25, -0.2) is 0 Å². The summed E-state index contributed by atoms with van der Waals surface area (Å²) in [5, 5.41) is 1.58. The molecule has 0 spiro atoms. The zero-order chi connectivity index (χ0) is 19.9. The number of benzene rings is 3. The van der Waals surface area contributed by atoms with Crippen molar-refractivity contribution in [2.45, 2.75) is 19.3 Å². The molecule has 3 nitrogen and oxygen atoms in total. The van der Waals surface area contributed by atoms with Gasteiger partial charge in [0.1, 0.15) is 7.14 Å². The highest BCUT2D eigenvalue weighted by Crippen LogP contribution is 2.53. The van der Waals surface area contributed by atoms with Crippen molar-refractivity contribution in [3.05, 3.63) is 90.0 Å². The third kappa shape index (κ3) is 2.82. The molecule has 0 N–H and O–H groups in total. The molecule has 1 heterocycles. The first-order valence-corrected chi connectivity index (χ1v) is 11.3. The first-order valence-electron chi connectivity index (χ1n) is 9.46. The van der Waals surface area contributed by atoms with Crippen molar-refractivity contribution < 1.29 is 9.36 Å². The molecule has 0 bridgehead atoms. The fourth-order valence-electron chi connectivity index (χ4n) is 4.25. The molecule has 0 saturated heterocycles. The molecule has 3 aromatic rings. The Hall–Kier alpha value is -2.64. The average molecular weight is 389 g/mol. The Balaban J connectivity index is 1.90. The van der Waals surface area contributed by atoms with Crippen molar-refractivity contribution in [2.24, 2.45) is 0 Å². The van der Waals surface area contributed by atoms with Crippen molar-refractivity contribution in [2.75, 3.05) is 18.1 Å². The van der Waals surface area contributed by atoms with Gasteiger partial charge in [-0.15, -0.1) is 0 Å². The molecule has 4 heteroatoms. The number of carbonyl (C=O) groups excluding carboxylic acids is 1. The smallest absolute Gasteiger partial charge is 0.237 e. The molecule has 28 heavy (non-hydrogen) atoms. The third-order valence-electron chi connectivity index (χ3n) is 5.77. The second-order valence-electron chi connectivity index (χ2n) is 7.79. The van der Waals surface area contributed by atoms with Crippen molar-refractivity contribution >= 4 is 29.3 Å². The average Bonchev–Trinajstić information content (AvgIpc) is 2.90. The van der Waals surface area contributed by atoms with Crippen LogP contribution in [0.4, 0.5) is 5.69 Å². The number of aryl methyl sites for hydroxylation is 1. The zero-order valence-electron chi connectivity index (χ0n) is 16.4. The minimum Gasteiger partial charge on any atom is -0.314 e. The molecule has 3 aromatic carbocycles. The number of hydrogen-bond acceptors (Lipinski definition) is 2. The van der Waals surface area contributed by atoms with E-state index >= 15 is 0 Å². The highest BCUT2D eigenvalue weighted by atomic mass is 31.2. The van der Waals surface area contributed by atoms with Crippen LogP contribution in [0.1, 0.15) is 18.1 Å². The Morgan fingerprint density at radius 1 is 0.893 bits per heavy atom. The van der Waals surface area contributed by atoms with Gasteiger partial charge in [-0.3, -0.25) is 4.79 Å². The predicted octanol–water partition coefficient (Wildman–Crippen LogP) is 4.24. The van der Waals surface area contributed by atoms with Crippen LogP contribution >= 0.6 is 7.14 Å². The molecule has 1 amide bonds. The summed E-state index contributed by atoms with van der Waals surface area (Å²) in [7, 11) is -1.22. The minimum absolute atomic E-state index is 0.000173. The third-order valence-corrected chi connectivity index (χ3v) is 9.11. The van der Waals surface area contributed by atoms with Crippen molar-refractivity contribution in [1.29, 1.82) is 0 Å². The van der Waals surface area contributed by atoms with E-state index in [1.807, 2.05) is 86.6 Å². The number of carbonyl (C=O) groups is 1. The number of amides is 1. The van der Waals surface area contributed by atoms with E-state index in [0.29, 0.717) is 0 Å². The lowest BCUT2D eigenvalue weighted by atomic mass is 9.85. The lowest BCUT2D eigenvalue weighted by Gasteiger charge is -2.30. The molecule has 1 aliphatic rings. The van der Waals surface area contributed by atoms with Crippen LogP contribution in [0.5, 0.6) is 0 Å². The van der Waals surface area contributed by atoms with Gasteiger partial charge < -0.3 is 9.46 Å². The van der Waals surface area contributed by atoms with Crippen molar-refractivity contribution in [3.63, 3.8) is 0 Å². The monoisotopic (exact) mass is 389 g/mol. The normalized spacial score (nSPS) is 19.0. The van der Waals surface area contributed by atoms with E-state index in [4.69, 9.17) is 0 Å².